The third-order valence-corrected chi connectivity index (χ3v) is 7.09. The van der Waals surface area contributed by atoms with Gasteiger partial charge >= 0.3 is 0 Å². The minimum absolute atomic E-state index is 0.00544. The molecule has 0 bridgehead atoms. The van der Waals surface area contributed by atoms with E-state index in [-0.39, 0.29) is 5.56 Å². The smallest absolute Gasteiger partial charge is 0.262 e. The van der Waals surface area contributed by atoms with Crippen molar-refractivity contribution < 1.29 is 0 Å². The van der Waals surface area contributed by atoms with Gasteiger partial charge in [-0.3, -0.25) is 23.6 Å². The number of benzene rings is 2. The van der Waals surface area contributed by atoms with E-state index in [1.807, 2.05) is 39.4 Å². The average molecular weight is 489 g/mol. The van der Waals surface area contributed by atoms with Crippen molar-refractivity contribution in [1.29, 1.82) is 0 Å². The highest BCUT2D eigenvalue weighted by molar-refractivity contribution is 7.71. The number of hydrogen-bond acceptors (Lipinski definition) is 5. The lowest BCUT2D eigenvalue weighted by Gasteiger charge is -2.33. The average Bonchev–Trinajstić information content (AvgIpc) is 3.21. The maximum atomic E-state index is 13.2. The van der Waals surface area contributed by atoms with E-state index in [2.05, 4.69) is 53.1 Å². The molecule has 35 heavy (non-hydrogen) atoms. The third kappa shape index (κ3) is 5.00. The summed E-state index contributed by atoms with van der Waals surface area (Å²) < 4.78 is 6.26. The van der Waals surface area contributed by atoms with Gasteiger partial charge in [0.25, 0.3) is 5.56 Å². The van der Waals surface area contributed by atoms with E-state index in [0.717, 1.165) is 51.1 Å². The minimum Gasteiger partial charge on any atom is -0.297 e. The quantitative estimate of drug-likeness (QED) is 0.347. The van der Waals surface area contributed by atoms with Gasteiger partial charge in [0.05, 0.1) is 17.6 Å². The second-order valence-corrected chi connectivity index (χ2v) is 9.48. The largest absolute Gasteiger partial charge is 0.297 e. The summed E-state index contributed by atoms with van der Waals surface area (Å²) in [7, 11) is 0. The van der Waals surface area contributed by atoms with Crippen LogP contribution in [0.25, 0.3) is 22.8 Å². The number of unbranched alkanes of at least 4 members (excludes halogenated alkanes) is 1. The highest BCUT2D eigenvalue weighted by Crippen LogP contribution is 2.15. The van der Waals surface area contributed by atoms with Crippen molar-refractivity contribution in [2.75, 3.05) is 32.7 Å². The summed E-state index contributed by atoms with van der Waals surface area (Å²) in [6, 6.07) is 18.1. The highest BCUT2D eigenvalue weighted by atomic mass is 32.1. The van der Waals surface area contributed by atoms with Crippen LogP contribution in [-0.2, 0) is 13.2 Å². The number of hydrogen-bond donors (Lipinski definition) is 0. The molecular weight excluding hydrogens is 456 g/mol. The Morgan fingerprint density at radius 2 is 1.69 bits per heavy atom. The number of rotatable bonds is 8. The molecule has 0 N–H and O–H groups in total. The van der Waals surface area contributed by atoms with Crippen molar-refractivity contribution in [2.24, 2.45) is 0 Å². The molecule has 2 aromatic heterocycles. The molecule has 3 heterocycles. The van der Waals surface area contributed by atoms with Gasteiger partial charge in [-0.1, -0.05) is 68.0 Å². The standard InChI is InChI=1S/C27H32N6OS/c1-2-3-16-31-25(34)23-13-7-8-14-24(23)33-26(31)28-32(27(33)35)21-30-19-17-29(18-20-30)15-9-12-22-10-5-4-6-11-22/h4-14H,2-3,15-21H2,1H3/b12-9+. The molecule has 2 aromatic carbocycles. The summed E-state index contributed by atoms with van der Waals surface area (Å²) in [6.45, 7) is 8.27. The van der Waals surface area contributed by atoms with Gasteiger partial charge in [-0.25, -0.2) is 4.68 Å². The minimum atomic E-state index is 0.00544. The van der Waals surface area contributed by atoms with Gasteiger partial charge in [-0.05, 0) is 36.3 Å². The lowest BCUT2D eigenvalue weighted by molar-refractivity contribution is 0.110. The summed E-state index contributed by atoms with van der Waals surface area (Å²) in [5, 5.41) is 5.53. The molecular formula is C27H32N6OS. The number of fused-ring (bicyclic) bond motifs is 3. The van der Waals surface area contributed by atoms with Crippen molar-refractivity contribution in [3.8, 4) is 0 Å². The molecule has 0 radical (unpaired) electrons. The zero-order chi connectivity index (χ0) is 24.2. The second-order valence-electron chi connectivity index (χ2n) is 9.12. The van der Waals surface area contributed by atoms with E-state index in [1.165, 1.54) is 5.56 Å². The lowest BCUT2D eigenvalue weighted by atomic mass is 10.2. The molecule has 8 heteroatoms. The Morgan fingerprint density at radius 3 is 2.46 bits per heavy atom. The fraction of sp³-hybridized carbons (Fsp3) is 0.370. The topological polar surface area (TPSA) is 50.7 Å². The third-order valence-electron chi connectivity index (χ3n) is 6.69. The van der Waals surface area contributed by atoms with Gasteiger partial charge in [0.15, 0.2) is 0 Å². The first-order valence-corrected chi connectivity index (χ1v) is 12.8. The Morgan fingerprint density at radius 1 is 0.971 bits per heavy atom. The van der Waals surface area contributed by atoms with Gasteiger partial charge in [0.2, 0.25) is 10.5 Å². The van der Waals surface area contributed by atoms with Crippen LogP contribution in [0, 0.1) is 4.77 Å². The van der Waals surface area contributed by atoms with Gasteiger partial charge in [0.1, 0.15) is 0 Å². The summed E-state index contributed by atoms with van der Waals surface area (Å²) in [5.74, 6) is 0.636. The number of aryl methyl sites for hydroxylation is 1. The van der Waals surface area contributed by atoms with Crippen LogP contribution in [0.5, 0.6) is 0 Å². The summed E-state index contributed by atoms with van der Waals surface area (Å²) >= 11 is 5.87. The Balaban J connectivity index is 1.32. The van der Waals surface area contributed by atoms with E-state index >= 15 is 0 Å². The molecule has 1 saturated heterocycles. The predicted molar refractivity (Wildman–Crippen MR) is 144 cm³/mol. The molecule has 4 aromatic rings. The fourth-order valence-corrected chi connectivity index (χ4v) is 4.96. The summed E-state index contributed by atoms with van der Waals surface area (Å²) in [4.78, 5) is 18.1. The number of nitrogens with zero attached hydrogens (tertiary/aromatic N) is 6. The molecule has 0 aliphatic carbocycles. The van der Waals surface area contributed by atoms with Crippen molar-refractivity contribution in [3.05, 3.63) is 81.4 Å². The molecule has 0 saturated carbocycles. The summed E-state index contributed by atoms with van der Waals surface area (Å²) in [5.41, 5.74) is 2.06. The lowest BCUT2D eigenvalue weighted by Crippen LogP contribution is -2.46. The van der Waals surface area contributed by atoms with E-state index in [0.29, 0.717) is 29.1 Å². The van der Waals surface area contributed by atoms with E-state index in [9.17, 15) is 4.79 Å². The van der Waals surface area contributed by atoms with Crippen LogP contribution in [-0.4, -0.2) is 61.3 Å². The molecule has 0 atom stereocenters. The Kier molecular flexibility index (Phi) is 7.22. The van der Waals surface area contributed by atoms with Crippen LogP contribution in [0.4, 0.5) is 0 Å². The maximum absolute atomic E-state index is 13.2. The molecule has 1 aliphatic rings. The van der Waals surface area contributed by atoms with Crippen molar-refractivity contribution in [3.63, 3.8) is 0 Å². The molecule has 0 amide bonds. The molecule has 7 nitrogen and oxygen atoms in total. The first-order chi connectivity index (χ1) is 17.2. The first-order valence-electron chi connectivity index (χ1n) is 12.4. The monoisotopic (exact) mass is 488 g/mol. The van der Waals surface area contributed by atoms with Gasteiger partial charge in [-0.2, -0.15) is 0 Å². The van der Waals surface area contributed by atoms with E-state index in [4.69, 9.17) is 17.3 Å². The normalized spacial score (nSPS) is 15.6. The Hall–Kier alpha value is -3.07. The summed E-state index contributed by atoms with van der Waals surface area (Å²) in [6.07, 6.45) is 6.36. The molecule has 1 fully saturated rings. The van der Waals surface area contributed by atoms with Crippen LogP contribution in [0.15, 0.2) is 65.5 Å². The molecule has 0 unspecified atom stereocenters. The predicted octanol–water partition coefficient (Wildman–Crippen LogP) is 4.27. The van der Waals surface area contributed by atoms with E-state index < -0.39 is 0 Å². The van der Waals surface area contributed by atoms with Crippen LogP contribution in [0.1, 0.15) is 25.3 Å². The zero-order valence-electron chi connectivity index (χ0n) is 20.2. The zero-order valence-corrected chi connectivity index (χ0v) is 21.0. The number of para-hydroxylation sites is 1. The van der Waals surface area contributed by atoms with Crippen molar-refractivity contribution in [1.82, 2.24) is 28.5 Å². The molecule has 182 valence electrons. The molecule has 0 spiro atoms. The van der Waals surface area contributed by atoms with Crippen molar-refractivity contribution in [2.45, 2.75) is 33.0 Å². The Labute approximate surface area is 210 Å². The maximum Gasteiger partial charge on any atom is 0.262 e. The van der Waals surface area contributed by atoms with Gasteiger partial charge in [-0.15, -0.1) is 5.10 Å². The van der Waals surface area contributed by atoms with Gasteiger partial charge in [0, 0.05) is 39.3 Å². The first kappa shape index (κ1) is 23.7. The van der Waals surface area contributed by atoms with Crippen LogP contribution in [0.3, 0.4) is 0 Å². The molecule has 5 rings (SSSR count). The Bertz CT molecular complexity index is 1440. The SMILES string of the molecule is CCCCn1c(=O)c2ccccc2n2c(=S)n(CN3CCN(C/C=C/c4ccccc4)CC3)nc12. The van der Waals surface area contributed by atoms with Gasteiger partial charge < -0.3 is 0 Å². The van der Waals surface area contributed by atoms with Crippen LogP contribution < -0.4 is 5.56 Å². The number of piperazine rings is 1. The second kappa shape index (κ2) is 10.7. The van der Waals surface area contributed by atoms with E-state index in [1.54, 1.807) is 4.57 Å². The van der Waals surface area contributed by atoms with Crippen molar-refractivity contribution >= 4 is 35.0 Å². The highest BCUT2D eigenvalue weighted by Gasteiger charge is 2.19. The fourth-order valence-electron chi connectivity index (χ4n) is 4.68. The molecule has 1 aliphatic heterocycles. The van der Waals surface area contributed by atoms with Crippen LogP contribution >= 0.6 is 12.2 Å². The van der Waals surface area contributed by atoms with Crippen LogP contribution in [0.2, 0.25) is 0 Å². The number of aromatic nitrogens is 4.